The molecule has 0 radical (unpaired) electrons. The molecule has 0 aliphatic carbocycles. The Bertz CT molecular complexity index is 621. The van der Waals surface area contributed by atoms with Gasteiger partial charge in [0, 0.05) is 23.5 Å². The number of para-hydroxylation sites is 1. The number of benzene rings is 2. The maximum Gasteiger partial charge on any atom is 0.0443 e. The summed E-state index contributed by atoms with van der Waals surface area (Å²) in [6, 6.07) is 12.8. The molecule has 2 heteroatoms. The molecule has 0 saturated carbocycles. The van der Waals surface area contributed by atoms with Crippen LogP contribution in [0.5, 0.6) is 0 Å². The van der Waals surface area contributed by atoms with Gasteiger partial charge in [-0.05, 0) is 48.9 Å². The average molecular weight is 250 g/mol. The van der Waals surface area contributed by atoms with E-state index in [9.17, 15) is 0 Å². The second-order valence-corrected chi connectivity index (χ2v) is 4.98. The Labute approximate surface area is 114 Å². The van der Waals surface area contributed by atoms with Gasteiger partial charge in [0.05, 0.1) is 0 Å². The van der Waals surface area contributed by atoms with Crippen molar-refractivity contribution < 1.29 is 0 Å². The molecular formula is C17H18N2. The van der Waals surface area contributed by atoms with Crippen LogP contribution in [0.25, 0.3) is 6.08 Å². The van der Waals surface area contributed by atoms with Crippen LogP contribution in [0.1, 0.15) is 22.3 Å². The van der Waals surface area contributed by atoms with Crippen LogP contribution in [0.2, 0.25) is 0 Å². The number of nitrogens with one attached hydrogen (secondary N) is 2. The summed E-state index contributed by atoms with van der Waals surface area (Å²) in [5.41, 5.74) is 7.56. The van der Waals surface area contributed by atoms with E-state index in [1.807, 2.05) is 6.20 Å². The Hall–Kier alpha value is -2.22. The lowest BCUT2D eigenvalue weighted by molar-refractivity contribution is 0.860. The SMILES string of the molecule is Cc1cccc(C)c1Nc1cccc2c1CNC=C2. The minimum absolute atomic E-state index is 0.875. The van der Waals surface area contributed by atoms with Crippen LogP contribution in [-0.2, 0) is 6.54 Å². The topological polar surface area (TPSA) is 24.1 Å². The third-order valence-electron chi connectivity index (χ3n) is 3.61. The average Bonchev–Trinajstić information content (AvgIpc) is 2.43. The Morgan fingerprint density at radius 1 is 1.00 bits per heavy atom. The third kappa shape index (κ3) is 2.22. The van der Waals surface area contributed by atoms with E-state index in [1.54, 1.807) is 0 Å². The molecule has 2 N–H and O–H groups in total. The monoisotopic (exact) mass is 250 g/mol. The predicted octanol–water partition coefficient (Wildman–Crippen LogP) is 4.12. The fraction of sp³-hybridized carbons (Fsp3) is 0.176. The summed E-state index contributed by atoms with van der Waals surface area (Å²) in [4.78, 5) is 0. The summed E-state index contributed by atoms with van der Waals surface area (Å²) in [6.07, 6.45) is 4.12. The lowest BCUT2D eigenvalue weighted by atomic mass is 10.0. The molecule has 3 rings (SSSR count). The first-order valence-corrected chi connectivity index (χ1v) is 6.61. The first-order valence-electron chi connectivity index (χ1n) is 6.61. The van der Waals surface area contributed by atoms with Crippen LogP contribution in [0.15, 0.2) is 42.6 Å². The van der Waals surface area contributed by atoms with Crippen LogP contribution < -0.4 is 10.6 Å². The zero-order chi connectivity index (χ0) is 13.2. The van der Waals surface area contributed by atoms with Crippen LogP contribution in [0.3, 0.4) is 0 Å². The Balaban J connectivity index is 2.03. The van der Waals surface area contributed by atoms with Crippen LogP contribution in [0, 0.1) is 13.8 Å². The second kappa shape index (κ2) is 4.81. The van der Waals surface area contributed by atoms with Crippen molar-refractivity contribution in [3.05, 3.63) is 64.9 Å². The summed E-state index contributed by atoms with van der Waals surface area (Å²) in [6.45, 7) is 5.16. The fourth-order valence-corrected chi connectivity index (χ4v) is 2.53. The molecule has 0 bridgehead atoms. The van der Waals surface area contributed by atoms with Crippen LogP contribution >= 0.6 is 0 Å². The molecule has 96 valence electrons. The predicted molar refractivity (Wildman–Crippen MR) is 81.5 cm³/mol. The molecule has 0 atom stereocenters. The number of hydrogen-bond acceptors (Lipinski definition) is 2. The standard InChI is InChI=1S/C17H18N2/c1-12-5-3-6-13(2)17(12)19-16-8-4-7-14-9-10-18-11-15(14)16/h3-10,18-19H,11H2,1-2H3. The summed E-state index contributed by atoms with van der Waals surface area (Å²) in [5, 5.41) is 6.87. The molecule has 0 saturated heterocycles. The van der Waals surface area contributed by atoms with Gasteiger partial charge in [-0.3, -0.25) is 0 Å². The molecule has 0 spiro atoms. The van der Waals surface area contributed by atoms with E-state index in [0.717, 1.165) is 6.54 Å². The maximum atomic E-state index is 3.59. The fourth-order valence-electron chi connectivity index (χ4n) is 2.53. The van der Waals surface area contributed by atoms with Crippen molar-refractivity contribution in [1.29, 1.82) is 0 Å². The smallest absolute Gasteiger partial charge is 0.0443 e. The molecule has 0 aromatic heterocycles. The largest absolute Gasteiger partial charge is 0.387 e. The summed E-state index contributed by atoms with van der Waals surface area (Å²) in [5.74, 6) is 0. The molecule has 0 amide bonds. The highest BCUT2D eigenvalue weighted by Crippen LogP contribution is 2.29. The lowest BCUT2D eigenvalue weighted by Gasteiger charge is -2.19. The lowest BCUT2D eigenvalue weighted by Crippen LogP contribution is -2.12. The summed E-state index contributed by atoms with van der Waals surface area (Å²) < 4.78 is 0. The molecular weight excluding hydrogens is 232 g/mol. The highest BCUT2D eigenvalue weighted by Gasteiger charge is 2.10. The van der Waals surface area contributed by atoms with Crippen molar-refractivity contribution in [2.24, 2.45) is 0 Å². The van der Waals surface area contributed by atoms with Crippen LogP contribution in [-0.4, -0.2) is 0 Å². The minimum atomic E-state index is 0.875. The summed E-state index contributed by atoms with van der Waals surface area (Å²) >= 11 is 0. The molecule has 2 aromatic rings. The zero-order valence-electron chi connectivity index (χ0n) is 11.3. The van der Waals surface area contributed by atoms with E-state index < -0.39 is 0 Å². The molecule has 1 heterocycles. The first-order chi connectivity index (χ1) is 9.25. The van der Waals surface area contributed by atoms with Crippen molar-refractivity contribution in [2.75, 3.05) is 5.32 Å². The molecule has 1 aliphatic rings. The molecule has 2 nitrogen and oxygen atoms in total. The maximum absolute atomic E-state index is 3.59. The van der Waals surface area contributed by atoms with Gasteiger partial charge in [-0.2, -0.15) is 0 Å². The first kappa shape index (κ1) is 11.8. The Morgan fingerprint density at radius 2 is 1.74 bits per heavy atom. The third-order valence-corrected chi connectivity index (χ3v) is 3.61. The van der Waals surface area contributed by atoms with Gasteiger partial charge in [0.25, 0.3) is 0 Å². The van der Waals surface area contributed by atoms with Gasteiger partial charge in [-0.15, -0.1) is 0 Å². The highest BCUT2D eigenvalue weighted by atomic mass is 14.9. The zero-order valence-corrected chi connectivity index (χ0v) is 11.3. The minimum Gasteiger partial charge on any atom is -0.387 e. The molecule has 0 unspecified atom stereocenters. The number of anilines is 2. The van der Waals surface area contributed by atoms with Gasteiger partial charge < -0.3 is 10.6 Å². The van der Waals surface area contributed by atoms with Gasteiger partial charge >= 0.3 is 0 Å². The van der Waals surface area contributed by atoms with Crippen molar-refractivity contribution >= 4 is 17.5 Å². The molecule has 0 fully saturated rings. The van der Waals surface area contributed by atoms with Crippen molar-refractivity contribution in [1.82, 2.24) is 5.32 Å². The van der Waals surface area contributed by atoms with Gasteiger partial charge in [0.1, 0.15) is 0 Å². The molecule has 19 heavy (non-hydrogen) atoms. The Morgan fingerprint density at radius 3 is 2.53 bits per heavy atom. The second-order valence-electron chi connectivity index (χ2n) is 4.98. The van der Waals surface area contributed by atoms with Crippen molar-refractivity contribution in [3.63, 3.8) is 0 Å². The van der Waals surface area contributed by atoms with E-state index in [2.05, 4.69) is 67.0 Å². The van der Waals surface area contributed by atoms with Gasteiger partial charge in [0.15, 0.2) is 0 Å². The highest BCUT2D eigenvalue weighted by molar-refractivity contribution is 5.73. The van der Waals surface area contributed by atoms with E-state index in [0.29, 0.717) is 0 Å². The molecule has 1 aliphatic heterocycles. The van der Waals surface area contributed by atoms with E-state index >= 15 is 0 Å². The van der Waals surface area contributed by atoms with Gasteiger partial charge in [-0.25, -0.2) is 0 Å². The Kier molecular flexibility index (Phi) is 3.00. The number of fused-ring (bicyclic) bond motifs is 1. The van der Waals surface area contributed by atoms with Crippen LogP contribution in [0.4, 0.5) is 11.4 Å². The van der Waals surface area contributed by atoms with E-state index in [1.165, 1.54) is 33.6 Å². The quantitative estimate of drug-likeness (QED) is 0.837. The van der Waals surface area contributed by atoms with Gasteiger partial charge in [0.2, 0.25) is 0 Å². The van der Waals surface area contributed by atoms with E-state index in [4.69, 9.17) is 0 Å². The normalized spacial score (nSPS) is 12.7. The van der Waals surface area contributed by atoms with E-state index in [-0.39, 0.29) is 0 Å². The number of hydrogen-bond donors (Lipinski definition) is 2. The van der Waals surface area contributed by atoms with Crippen molar-refractivity contribution in [3.8, 4) is 0 Å². The number of aryl methyl sites for hydroxylation is 2. The van der Waals surface area contributed by atoms with Crippen molar-refractivity contribution in [2.45, 2.75) is 20.4 Å². The number of rotatable bonds is 2. The summed E-state index contributed by atoms with van der Waals surface area (Å²) in [7, 11) is 0. The molecule has 2 aromatic carbocycles. The van der Waals surface area contributed by atoms with Gasteiger partial charge in [-0.1, -0.05) is 30.3 Å².